The molecule has 5 heteroatoms. The Morgan fingerprint density at radius 3 is 2.38 bits per heavy atom. The number of anilines is 1. The van der Waals surface area contributed by atoms with Crippen LogP contribution >= 0.6 is 0 Å². The fourth-order valence-electron chi connectivity index (χ4n) is 3.90. The first kappa shape index (κ1) is 19.3. The Morgan fingerprint density at radius 2 is 1.69 bits per heavy atom. The van der Waals surface area contributed by atoms with E-state index in [9.17, 15) is 4.79 Å². The second kappa shape index (κ2) is 8.97. The van der Waals surface area contributed by atoms with Crippen molar-refractivity contribution >= 4 is 11.6 Å². The van der Waals surface area contributed by atoms with Crippen LogP contribution in [0, 0.1) is 6.92 Å². The highest BCUT2D eigenvalue weighted by atomic mass is 16.1. The maximum Gasteiger partial charge on any atom is 0.259 e. The van der Waals surface area contributed by atoms with E-state index in [1.807, 2.05) is 37.3 Å². The van der Waals surface area contributed by atoms with Gasteiger partial charge in [-0.3, -0.25) is 9.69 Å². The molecule has 0 spiro atoms. The summed E-state index contributed by atoms with van der Waals surface area (Å²) in [6, 6.07) is 20.1. The van der Waals surface area contributed by atoms with E-state index in [0.717, 1.165) is 43.9 Å². The van der Waals surface area contributed by atoms with Crippen LogP contribution in [0.1, 0.15) is 46.2 Å². The Hall–Kier alpha value is -3.05. The summed E-state index contributed by atoms with van der Waals surface area (Å²) in [5.74, 6) is 0.848. The molecular formula is C24H26N4O. The summed E-state index contributed by atoms with van der Waals surface area (Å²) in [6.45, 7) is 4.86. The van der Waals surface area contributed by atoms with Crippen molar-refractivity contribution in [3.05, 3.63) is 89.5 Å². The van der Waals surface area contributed by atoms with Gasteiger partial charge in [0.25, 0.3) is 5.91 Å². The number of benzene rings is 2. The highest BCUT2D eigenvalue weighted by Gasteiger charge is 2.26. The van der Waals surface area contributed by atoms with Crippen LogP contribution in [0.25, 0.3) is 0 Å². The van der Waals surface area contributed by atoms with Gasteiger partial charge in [0.05, 0.1) is 11.3 Å². The van der Waals surface area contributed by atoms with E-state index in [0.29, 0.717) is 11.4 Å². The molecular weight excluding hydrogens is 360 g/mol. The van der Waals surface area contributed by atoms with E-state index in [-0.39, 0.29) is 11.8 Å². The van der Waals surface area contributed by atoms with Gasteiger partial charge in [-0.1, -0.05) is 48.5 Å². The van der Waals surface area contributed by atoms with Gasteiger partial charge in [0.2, 0.25) is 0 Å². The van der Waals surface area contributed by atoms with Crippen LogP contribution in [0.4, 0.5) is 5.69 Å². The summed E-state index contributed by atoms with van der Waals surface area (Å²) in [7, 11) is 0. The van der Waals surface area contributed by atoms with Gasteiger partial charge in [-0.2, -0.15) is 0 Å². The van der Waals surface area contributed by atoms with Gasteiger partial charge < -0.3 is 5.32 Å². The molecule has 3 aromatic rings. The first-order chi connectivity index (χ1) is 14.2. The third-order valence-corrected chi connectivity index (χ3v) is 5.44. The fraction of sp³-hybridized carbons (Fsp3) is 0.292. The monoisotopic (exact) mass is 386 g/mol. The molecule has 1 N–H and O–H groups in total. The average Bonchev–Trinajstić information content (AvgIpc) is 2.75. The number of likely N-dealkylation sites (tertiary alicyclic amines) is 1. The van der Waals surface area contributed by atoms with Gasteiger partial charge in [0, 0.05) is 24.3 Å². The SMILES string of the molecule is Cc1ncc(C(=O)Nc2ccccc2)c(C2CCN(Cc3ccccc3)CC2)n1. The number of aromatic nitrogens is 2. The zero-order valence-electron chi connectivity index (χ0n) is 16.7. The molecule has 2 heterocycles. The number of hydrogen-bond donors (Lipinski definition) is 1. The van der Waals surface area contributed by atoms with Crippen molar-refractivity contribution in [2.24, 2.45) is 0 Å². The molecule has 1 aliphatic rings. The smallest absolute Gasteiger partial charge is 0.259 e. The summed E-state index contributed by atoms with van der Waals surface area (Å²) >= 11 is 0. The lowest BCUT2D eigenvalue weighted by Gasteiger charge is -2.32. The van der Waals surface area contributed by atoms with Crippen molar-refractivity contribution in [1.29, 1.82) is 0 Å². The summed E-state index contributed by atoms with van der Waals surface area (Å²) in [5, 5.41) is 2.97. The van der Waals surface area contributed by atoms with E-state index in [1.165, 1.54) is 5.56 Å². The van der Waals surface area contributed by atoms with Crippen LogP contribution in [-0.2, 0) is 6.54 Å². The van der Waals surface area contributed by atoms with Crippen molar-refractivity contribution in [1.82, 2.24) is 14.9 Å². The maximum atomic E-state index is 12.9. The molecule has 1 aromatic heterocycles. The largest absolute Gasteiger partial charge is 0.322 e. The van der Waals surface area contributed by atoms with Crippen LogP contribution in [-0.4, -0.2) is 33.9 Å². The minimum Gasteiger partial charge on any atom is -0.322 e. The number of carbonyl (C=O) groups is 1. The zero-order chi connectivity index (χ0) is 20.1. The van der Waals surface area contributed by atoms with Crippen molar-refractivity contribution in [2.45, 2.75) is 32.2 Å². The van der Waals surface area contributed by atoms with Crippen LogP contribution < -0.4 is 5.32 Å². The van der Waals surface area contributed by atoms with Gasteiger partial charge in [-0.15, -0.1) is 0 Å². The van der Waals surface area contributed by atoms with Crippen molar-refractivity contribution in [3.8, 4) is 0 Å². The molecule has 0 atom stereocenters. The predicted molar refractivity (Wildman–Crippen MR) is 115 cm³/mol. The minimum atomic E-state index is -0.141. The Morgan fingerprint density at radius 1 is 1.03 bits per heavy atom. The molecule has 0 aliphatic carbocycles. The molecule has 4 rings (SSSR count). The Kier molecular flexibility index (Phi) is 5.96. The van der Waals surface area contributed by atoms with Gasteiger partial charge in [0.1, 0.15) is 5.82 Å². The van der Waals surface area contributed by atoms with E-state index < -0.39 is 0 Å². The second-order valence-corrected chi connectivity index (χ2v) is 7.57. The number of amides is 1. The summed E-state index contributed by atoms with van der Waals surface area (Å²) in [6.07, 6.45) is 3.66. The summed E-state index contributed by atoms with van der Waals surface area (Å²) in [4.78, 5) is 24.3. The van der Waals surface area contributed by atoms with Gasteiger partial charge in [-0.05, 0) is 50.6 Å². The normalized spacial score (nSPS) is 15.2. The lowest BCUT2D eigenvalue weighted by atomic mass is 9.90. The molecule has 0 bridgehead atoms. The number of carbonyl (C=O) groups excluding carboxylic acids is 1. The number of nitrogens with zero attached hydrogens (tertiary/aromatic N) is 3. The molecule has 5 nitrogen and oxygen atoms in total. The average molecular weight is 386 g/mol. The third-order valence-electron chi connectivity index (χ3n) is 5.44. The second-order valence-electron chi connectivity index (χ2n) is 7.57. The molecule has 1 saturated heterocycles. The first-order valence-electron chi connectivity index (χ1n) is 10.2. The molecule has 0 radical (unpaired) electrons. The molecule has 1 fully saturated rings. The molecule has 1 amide bonds. The molecule has 1 aliphatic heterocycles. The van der Waals surface area contributed by atoms with Crippen molar-refractivity contribution in [2.75, 3.05) is 18.4 Å². The molecule has 0 unspecified atom stereocenters. The number of para-hydroxylation sites is 1. The highest BCUT2D eigenvalue weighted by Crippen LogP contribution is 2.30. The predicted octanol–water partition coefficient (Wildman–Crippen LogP) is 4.42. The van der Waals surface area contributed by atoms with E-state index in [2.05, 4.69) is 50.5 Å². The van der Waals surface area contributed by atoms with E-state index in [1.54, 1.807) is 6.20 Å². The van der Waals surface area contributed by atoms with Crippen LogP contribution in [0.2, 0.25) is 0 Å². The van der Waals surface area contributed by atoms with Gasteiger partial charge >= 0.3 is 0 Å². The maximum absolute atomic E-state index is 12.9. The lowest BCUT2D eigenvalue weighted by Crippen LogP contribution is -2.33. The van der Waals surface area contributed by atoms with Crippen LogP contribution in [0.3, 0.4) is 0 Å². The quantitative estimate of drug-likeness (QED) is 0.705. The first-order valence-corrected chi connectivity index (χ1v) is 10.2. The Bertz CT molecular complexity index is 951. The van der Waals surface area contributed by atoms with Gasteiger partial charge in [-0.25, -0.2) is 9.97 Å². The lowest BCUT2D eigenvalue weighted by molar-refractivity contribution is 0.102. The van der Waals surface area contributed by atoms with Crippen LogP contribution in [0.5, 0.6) is 0 Å². The number of piperidine rings is 1. The standard InChI is InChI=1S/C24H26N4O/c1-18-25-16-22(24(29)27-21-10-6-3-7-11-21)23(26-18)20-12-14-28(15-13-20)17-19-8-4-2-5-9-19/h2-11,16,20H,12-15,17H2,1H3,(H,27,29). The Labute approximate surface area is 171 Å². The summed E-state index contributed by atoms with van der Waals surface area (Å²) in [5.41, 5.74) is 3.58. The van der Waals surface area contributed by atoms with Gasteiger partial charge in [0.15, 0.2) is 0 Å². The summed E-state index contributed by atoms with van der Waals surface area (Å²) < 4.78 is 0. The number of nitrogens with one attached hydrogen (secondary N) is 1. The molecule has 0 saturated carbocycles. The molecule has 148 valence electrons. The van der Waals surface area contributed by atoms with Crippen LogP contribution in [0.15, 0.2) is 66.9 Å². The van der Waals surface area contributed by atoms with E-state index >= 15 is 0 Å². The number of hydrogen-bond acceptors (Lipinski definition) is 4. The number of aryl methyl sites for hydroxylation is 1. The molecule has 29 heavy (non-hydrogen) atoms. The molecule has 2 aromatic carbocycles. The van der Waals surface area contributed by atoms with E-state index in [4.69, 9.17) is 0 Å². The van der Waals surface area contributed by atoms with Crippen molar-refractivity contribution in [3.63, 3.8) is 0 Å². The highest BCUT2D eigenvalue weighted by molar-refractivity contribution is 6.04. The minimum absolute atomic E-state index is 0.141. The fourth-order valence-corrected chi connectivity index (χ4v) is 3.90. The third kappa shape index (κ3) is 4.87. The number of rotatable bonds is 5. The topological polar surface area (TPSA) is 58.1 Å². The zero-order valence-corrected chi connectivity index (χ0v) is 16.7. The Balaban J connectivity index is 1.46. The van der Waals surface area contributed by atoms with Crippen molar-refractivity contribution < 1.29 is 4.79 Å².